The second-order valence-electron chi connectivity index (χ2n) is 12.3. The molecule has 2 aliphatic heterocycles. The van der Waals surface area contributed by atoms with E-state index in [0.29, 0.717) is 18.4 Å². The van der Waals surface area contributed by atoms with E-state index in [9.17, 15) is 24.6 Å². The normalized spacial score (nSPS) is 44.6. The number of esters is 2. The molecule has 1 aromatic rings. The summed E-state index contributed by atoms with van der Waals surface area (Å²) in [5.41, 5.74) is -4.70. The fraction of sp³-hybridized carbons (Fsp3) is 0.741. The van der Waals surface area contributed by atoms with E-state index in [1.807, 2.05) is 20.8 Å². The van der Waals surface area contributed by atoms with Crippen molar-refractivity contribution in [2.24, 2.45) is 28.1 Å². The molecule has 9 atom stereocenters. The summed E-state index contributed by atoms with van der Waals surface area (Å²) in [6.45, 7) is 8.95. The molecule has 0 unspecified atom stereocenters. The van der Waals surface area contributed by atoms with Crippen molar-refractivity contribution in [2.45, 2.75) is 89.8 Å². The zero-order chi connectivity index (χ0) is 26.5. The van der Waals surface area contributed by atoms with Gasteiger partial charge in [0, 0.05) is 28.7 Å². The molecule has 4 fully saturated rings. The number of methoxy groups -OCH3 is 1. The number of ketones is 1. The summed E-state index contributed by atoms with van der Waals surface area (Å²) in [6, 6.07) is 1.76. The Labute approximate surface area is 210 Å². The first kappa shape index (κ1) is 25.4. The van der Waals surface area contributed by atoms with Crippen LogP contribution in [0.4, 0.5) is 0 Å². The largest absolute Gasteiger partial charge is 0.472 e. The van der Waals surface area contributed by atoms with Crippen molar-refractivity contribution in [3.05, 3.63) is 24.2 Å². The summed E-state index contributed by atoms with van der Waals surface area (Å²) in [4.78, 5) is 39.5. The van der Waals surface area contributed by atoms with Crippen LogP contribution in [0.15, 0.2) is 23.0 Å². The van der Waals surface area contributed by atoms with Crippen LogP contribution in [0.5, 0.6) is 0 Å². The monoisotopic (exact) mass is 504 g/mol. The average Bonchev–Trinajstić information content (AvgIpc) is 3.37. The highest BCUT2D eigenvalue weighted by atomic mass is 16.7. The molecule has 0 aromatic carbocycles. The van der Waals surface area contributed by atoms with Crippen molar-refractivity contribution in [2.75, 3.05) is 7.11 Å². The number of aliphatic hydroxyl groups is 2. The van der Waals surface area contributed by atoms with Gasteiger partial charge in [0.25, 0.3) is 0 Å². The molecule has 2 saturated heterocycles. The number of cyclic esters (lactones) is 1. The first-order chi connectivity index (χ1) is 16.7. The Morgan fingerprint density at radius 2 is 1.94 bits per heavy atom. The van der Waals surface area contributed by atoms with E-state index in [1.165, 1.54) is 13.4 Å². The number of aliphatic hydroxyl groups excluding tert-OH is 1. The van der Waals surface area contributed by atoms with Gasteiger partial charge < -0.3 is 28.8 Å². The molecule has 9 heteroatoms. The maximum Gasteiger partial charge on any atom is 0.339 e. The highest BCUT2D eigenvalue weighted by molar-refractivity contribution is 5.93. The van der Waals surface area contributed by atoms with Crippen LogP contribution < -0.4 is 0 Å². The van der Waals surface area contributed by atoms with Gasteiger partial charge in [0.15, 0.2) is 6.10 Å². The average molecular weight is 505 g/mol. The summed E-state index contributed by atoms with van der Waals surface area (Å²) in [5, 5.41) is 22.7. The Kier molecular flexibility index (Phi) is 5.40. The van der Waals surface area contributed by atoms with Gasteiger partial charge >= 0.3 is 11.9 Å². The Morgan fingerprint density at radius 1 is 1.25 bits per heavy atom. The highest BCUT2D eigenvalue weighted by Gasteiger charge is 2.88. The number of furan rings is 1. The van der Waals surface area contributed by atoms with Gasteiger partial charge in [0.05, 0.1) is 43.2 Å². The number of Topliss-reactive ketones (excluding diaryl/α,β-unsaturated/α-hetero) is 1. The molecule has 2 aliphatic carbocycles. The quantitative estimate of drug-likeness (QED) is 0.458. The van der Waals surface area contributed by atoms with Gasteiger partial charge in [-0.15, -0.1) is 0 Å². The zero-order valence-electron chi connectivity index (χ0n) is 21.7. The van der Waals surface area contributed by atoms with Gasteiger partial charge in [-0.1, -0.05) is 13.8 Å². The maximum absolute atomic E-state index is 14.2. The molecule has 198 valence electrons. The smallest absolute Gasteiger partial charge is 0.339 e. The zero-order valence-corrected chi connectivity index (χ0v) is 21.7. The third-order valence-electron chi connectivity index (χ3n) is 10.4. The summed E-state index contributed by atoms with van der Waals surface area (Å²) >= 11 is 0. The summed E-state index contributed by atoms with van der Waals surface area (Å²) in [7, 11) is 1.26. The third-order valence-corrected chi connectivity index (χ3v) is 10.4. The molecule has 4 aliphatic rings. The predicted molar refractivity (Wildman–Crippen MR) is 124 cm³/mol. The van der Waals surface area contributed by atoms with E-state index in [0.717, 1.165) is 0 Å². The van der Waals surface area contributed by atoms with Crippen molar-refractivity contribution < 1.29 is 43.2 Å². The van der Waals surface area contributed by atoms with E-state index in [2.05, 4.69) is 0 Å². The molecule has 5 rings (SSSR count). The lowest BCUT2D eigenvalue weighted by molar-refractivity contribution is -0.236. The Morgan fingerprint density at radius 3 is 2.53 bits per heavy atom. The number of carbonyl (C=O) groups is 3. The van der Waals surface area contributed by atoms with Crippen LogP contribution in [0.1, 0.15) is 72.0 Å². The lowest BCUT2D eigenvalue weighted by atomic mass is 9.37. The molecular weight excluding hydrogens is 468 g/mol. The Balaban J connectivity index is 1.67. The van der Waals surface area contributed by atoms with Crippen LogP contribution in [0.2, 0.25) is 0 Å². The number of hydrogen-bond donors (Lipinski definition) is 2. The molecule has 9 nitrogen and oxygen atoms in total. The minimum atomic E-state index is -1.31. The Bertz CT molecular complexity index is 1090. The summed E-state index contributed by atoms with van der Waals surface area (Å²) in [5.74, 6) is -2.31. The number of hydrogen-bond acceptors (Lipinski definition) is 9. The fourth-order valence-electron chi connectivity index (χ4n) is 8.59. The van der Waals surface area contributed by atoms with Crippen LogP contribution in [-0.4, -0.2) is 58.5 Å². The van der Waals surface area contributed by atoms with Gasteiger partial charge in [-0.3, -0.25) is 9.59 Å². The number of epoxide rings is 1. The van der Waals surface area contributed by atoms with Crippen LogP contribution >= 0.6 is 0 Å². The summed E-state index contributed by atoms with van der Waals surface area (Å²) < 4.78 is 22.3. The second-order valence-corrected chi connectivity index (χ2v) is 12.3. The second kappa shape index (κ2) is 7.65. The first-order valence-electron chi connectivity index (χ1n) is 12.6. The molecular formula is C27H36O9. The maximum atomic E-state index is 14.2. The topological polar surface area (TPSA) is 136 Å². The third kappa shape index (κ3) is 2.90. The lowest BCUT2D eigenvalue weighted by Gasteiger charge is -2.66. The van der Waals surface area contributed by atoms with E-state index in [1.54, 1.807) is 26.2 Å². The van der Waals surface area contributed by atoms with E-state index in [4.69, 9.17) is 18.6 Å². The first-order valence-corrected chi connectivity index (χ1v) is 12.6. The van der Waals surface area contributed by atoms with Gasteiger partial charge in [0.1, 0.15) is 17.5 Å². The van der Waals surface area contributed by atoms with Gasteiger partial charge in [-0.2, -0.15) is 0 Å². The molecule has 0 bridgehead atoms. The van der Waals surface area contributed by atoms with Crippen molar-refractivity contribution in [1.29, 1.82) is 0 Å². The van der Waals surface area contributed by atoms with E-state index < -0.39 is 69.5 Å². The highest BCUT2D eigenvalue weighted by Crippen LogP contribution is 2.78. The van der Waals surface area contributed by atoms with Crippen LogP contribution in [0.3, 0.4) is 0 Å². The molecule has 2 saturated carbocycles. The standard InChI is InChI=1S/C27H36O9/c1-23(2,32)16-11-18(29)26(5)15(25(16,4)17(28)12-19(30)33-6)7-9-24(3)20(14-8-10-34-13-14)35-22(31)21-27(24,26)36-21/h8,10,13,15-17,20-21,28,32H,7,9,11-12H2,1-6H3/t15-,16-,17+,20-,21-,24-,25+,26-,27-/m0/s1. The molecule has 0 amide bonds. The number of ether oxygens (including phenoxy) is 3. The van der Waals surface area contributed by atoms with E-state index in [-0.39, 0.29) is 18.6 Å². The van der Waals surface area contributed by atoms with Crippen molar-refractivity contribution >= 4 is 17.7 Å². The van der Waals surface area contributed by atoms with E-state index >= 15 is 0 Å². The fourth-order valence-corrected chi connectivity index (χ4v) is 8.59. The van der Waals surface area contributed by atoms with Gasteiger partial charge in [-0.25, -0.2) is 4.79 Å². The predicted octanol–water partition coefficient (Wildman–Crippen LogP) is 2.73. The van der Waals surface area contributed by atoms with Crippen LogP contribution in [-0.2, 0) is 28.6 Å². The van der Waals surface area contributed by atoms with Gasteiger partial charge in [0.2, 0.25) is 0 Å². The van der Waals surface area contributed by atoms with Crippen molar-refractivity contribution in [3.63, 3.8) is 0 Å². The Hall–Kier alpha value is -2.23. The number of fused-ring (bicyclic) bond motifs is 1. The molecule has 1 aromatic heterocycles. The number of rotatable bonds is 5. The van der Waals surface area contributed by atoms with Crippen molar-refractivity contribution in [1.82, 2.24) is 0 Å². The lowest BCUT2D eigenvalue weighted by Crippen LogP contribution is -2.73. The van der Waals surface area contributed by atoms with Crippen molar-refractivity contribution in [3.8, 4) is 0 Å². The summed E-state index contributed by atoms with van der Waals surface area (Å²) in [6.07, 6.45) is 1.08. The number of carbonyl (C=O) groups excluding carboxylic acids is 3. The minimum Gasteiger partial charge on any atom is -0.472 e. The molecule has 3 heterocycles. The van der Waals surface area contributed by atoms with Crippen LogP contribution in [0, 0.1) is 28.1 Å². The van der Waals surface area contributed by atoms with Crippen LogP contribution in [0.25, 0.3) is 0 Å². The molecule has 0 radical (unpaired) electrons. The minimum absolute atomic E-state index is 0.0232. The molecule has 2 N–H and O–H groups in total. The van der Waals surface area contributed by atoms with Gasteiger partial charge in [-0.05, 0) is 45.6 Å². The SMILES string of the molecule is COC(=O)C[C@@H](O)[C@@]1(C)[C@H](C(C)(C)O)CC(=O)[C@]2(C)[C@H]1CC[C@@]1(C)[C@H](c3ccoc3)OC(=O)[C@@H]3O[C@@]312. The molecule has 36 heavy (non-hydrogen) atoms. The molecule has 1 spiro atoms.